The van der Waals surface area contributed by atoms with Crippen molar-refractivity contribution >= 4 is 23.6 Å². The molecule has 2 amide bonds. The SMILES string of the molecule is CC(C)C1C(=O)NCCN1C(=O)c1ccc(SC(F)F)cc1. The van der Waals surface area contributed by atoms with Crippen molar-refractivity contribution in [2.75, 3.05) is 13.1 Å². The number of piperazine rings is 1. The lowest BCUT2D eigenvalue weighted by Crippen LogP contribution is -2.59. The molecule has 1 aromatic rings. The van der Waals surface area contributed by atoms with E-state index in [0.717, 1.165) is 0 Å². The molecule has 0 aromatic heterocycles. The average molecular weight is 328 g/mol. The molecule has 2 rings (SSSR count). The highest BCUT2D eigenvalue weighted by Gasteiger charge is 2.35. The molecule has 0 spiro atoms. The summed E-state index contributed by atoms with van der Waals surface area (Å²) in [5.74, 6) is -2.89. The number of nitrogens with zero attached hydrogens (tertiary/aromatic N) is 1. The van der Waals surface area contributed by atoms with Crippen LogP contribution in [0.2, 0.25) is 0 Å². The van der Waals surface area contributed by atoms with Gasteiger partial charge in [0.05, 0.1) is 0 Å². The van der Waals surface area contributed by atoms with Gasteiger partial charge in [0.2, 0.25) is 5.91 Å². The van der Waals surface area contributed by atoms with Crippen molar-refractivity contribution in [3.05, 3.63) is 29.8 Å². The van der Waals surface area contributed by atoms with Crippen LogP contribution in [0.3, 0.4) is 0 Å². The second-order valence-corrected chi connectivity index (χ2v) is 6.44. The summed E-state index contributed by atoms with van der Waals surface area (Å²) in [5.41, 5.74) is 0.402. The zero-order valence-electron chi connectivity index (χ0n) is 12.4. The molecule has 22 heavy (non-hydrogen) atoms. The van der Waals surface area contributed by atoms with Gasteiger partial charge in [0, 0.05) is 23.5 Å². The minimum atomic E-state index is -2.49. The number of amides is 2. The first-order valence-corrected chi connectivity index (χ1v) is 7.91. The van der Waals surface area contributed by atoms with Gasteiger partial charge in [-0.25, -0.2) is 0 Å². The molecule has 1 heterocycles. The number of halogens is 2. The summed E-state index contributed by atoms with van der Waals surface area (Å²) in [5, 5.41) is 2.76. The van der Waals surface area contributed by atoms with E-state index in [1.807, 2.05) is 13.8 Å². The van der Waals surface area contributed by atoms with Gasteiger partial charge < -0.3 is 10.2 Å². The highest BCUT2D eigenvalue weighted by molar-refractivity contribution is 7.99. The van der Waals surface area contributed by atoms with E-state index in [0.29, 0.717) is 35.3 Å². The highest BCUT2D eigenvalue weighted by atomic mass is 32.2. The minimum Gasteiger partial charge on any atom is -0.353 e. The fraction of sp³-hybridized carbons (Fsp3) is 0.467. The molecular weight excluding hydrogens is 310 g/mol. The van der Waals surface area contributed by atoms with Gasteiger partial charge in [0.1, 0.15) is 6.04 Å². The number of carbonyl (C=O) groups is 2. The van der Waals surface area contributed by atoms with Crippen molar-refractivity contribution in [1.29, 1.82) is 0 Å². The monoisotopic (exact) mass is 328 g/mol. The van der Waals surface area contributed by atoms with Crippen LogP contribution >= 0.6 is 11.8 Å². The lowest BCUT2D eigenvalue weighted by atomic mass is 9.98. The molecule has 1 aliphatic heterocycles. The van der Waals surface area contributed by atoms with Crippen LogP contribution in [0.1, 0.15) is 24.2 Å². The Kier molecular flexibility index (Phi) is 5.39. The second kappa shape index (κ2) is 7.09. The third-order valence-electron chi connectivity index (χ3n) is 3.48. The summed E-state index contributed by atoms with van der Waals surface area (Å²) in [6, 6.07) is 5.54. The number of rotatable bonds is 4. The number of benzene rings is 1. The standard InChI is InChI=1S/C15H18F2N2O2S/c1-9(2)12-13(20)18-7-8-19(12)14(21)10-3-5-11(6-4-10)22-15(16)17/h3-6,9,12,15H,7-8H2,1-2H3,(H,18,20). The Labute approximate surface area is 132 Å². The Bertz CT molecular complexity index is 549. The van der Waals surface area contributed by atoms with Gasteiger partial charge in [-0.2, -0.15) is 8.78 Å². The number of hydrogen-bond acceptors (Lipinski definition) is 3. The van der Waals surface area contributed by atoms with Crippen LogP contribution in [0.4, 0.5) is 8.78 Å². The van der Waals surface area contributed by atoms with E-state index >= 15 is 0 Å². The smallest absolute Gasteiger partial charge is 0.288 e. The van der Waals surface area contributed by atoms with E-state index in [1.165, 1.54) is 24.3 Å². The van der Waals surface area contributed by atoms with Crippen molar-refractivity contribution in [2.45, 2.75) is 30.5 Å². The van der Waals surface area contributed by atoms with Gasteiger partial charge in [-0.3, -0.25) is 9.59 Å². The number of hydrogen-bond donors (Lipinski definition) is 1. The quantitative estimate of drug-likeness (QED) is 0.865. The maximum absolute atomic E-state index is 12.6. The van der Waals surface area contributed by atoms with Crippen molar-refractivity contribution in [3.63, 3.8) is 0 Å². The number of carbonyl (C=O) groups excluding carboxylic acids is 2. The third kappa shape index (κ3) is 3.76. The van der Waals surface area contributed by atoms with Crippen LogP contribution in [0, 0.1) is 5.92 Å². The lowest BCUT2D eigenvalue weighted by Gasteiger charge is -2.37. The Morgan fingerprint density at radius 2 is 1.95 bits per heavy atom. The molecule has 1 aromatic carbocycles. The molecule has 0 bridgehead atoms. The third-order valence-corrected chi connectivity index (χ3v) is 4.20. The topological polar surface area (TPSA) is 49.4 Å². The molecule has 1 saturated heterocycles. The van der Waals surface area contributed by atoms with Gasteiger partial charge in [-0.15, -0.1) is 0 Å². The highest BCUT2D eigenvalue weighted by Crippen LogP contribution is 2.26. The average Bonchev–Trinajstić information content (AvgIpc) is 2.46. The van der Waals surface area contributed by atoms with Crippen LogP contribution in [0.5, 0.6) is 0 Å². The van der Waals surface area contributed by atoms with Crippen LogP contribution in [-0.4, -0.2) is 41.6 Å². The molecule has 120 valence electrons. The van der Waals surface area contributed by atoms with Gasteiger partial charge in [0.25, 0.3) is 11.7 Å². The fourth-order valence-corrected chi connectivity index (χ4v) is 3.02. The first-order valence-electron chi connectivity index (χ1n) is 7.03. The molecule has 1 N–H and O–H groups in total. The van der Waals surface area contributed by atoms with Crippen LogP contribution in [0.25, 0.3) is 0 Å². The van der Waals surface area contributed by atoms with Gasteiger partial charge in [-0.05, 0) is 30.2 Å². The Balaban J connectivity index is 2.17. The Morgan fingerprint density at radius 1 is 1.32 bits per heavy atom. The summed E-state index contributed by atoms with van der Waals surface area (Å²) in [6.45, 7) is 4.64. The zero-order chi connectivity index (χ0) is 16.3. The molecule has 0 aliphatic carbocycles. The normalized spacial score (nSPS) is 18.7. The first-order chi connectivity index (χ1) is 10.4. The second-order valence-electron chi connectivity index (χ2n) is 5.38. The van der Waals surface area contributed by atoms with E-state index in [2.05, 4.69) is 5.32 Å². The van der Waals surface area contributed by atoms with Gasteiger partial charge >= 0.3 is 0 Å². The van der Waals surface area contributed by atoms with Gasteiger partial charge in [-0.1, -0.05) is 25.6 Å². The molecule has 0 radical (unpaired) electrons. The van der Waals surface area contributed by atoms with Crippen molar-refractivity contribution in [1.82, 2.24) is 10.2 Å². The summed E-state index contributed by atoms with van der Waals surface area (Å²) in [4.78, 5) is 26.5. The van der Waals surface area contributed by atoms with E-state index in [9.17, 15) is 18.4 Å². The fourth-order valence-electron chi connectivity index (χ4n) is 2.52. The largest absolute Gasteiger partial charge is 0.353 e. The molecular formula is C15H18F2N2O2S. The molecule has 1 atom stereocenters. The van der Waals surface area contributed by atoms with E-state index in [-0.39, 0.29) is 17.7 Å². The van der Waals surface area contributed by atoms with Crippen LogP contribution in [0.15, 0.2) is 29.2 Å². The first kappa shape index (κ1) is 16.7. The van der Waals surface area contributed by atoms with E-state index in [1.54, 1.807) is 4.90 Å². The minimum absolute atomic E-state index is 0.00193. The van der Waals surface area contributed by atoms with Crippen molar-refractivity contribution in [3.8, 4) is 0 Å². The maximum Gasteiger partial charge on any atom is 0.288 e. The molecule has 1 aliphatic rings. The molecule has 0 saturated carbocycles. The van der Waals surface area contributed by atoms with E-state index < -0.39 is 11.8 Å². The van der Waals surface area contributed by atoms with Crippen LogP contribution in [-0.2, 0) is 4.79 Å². The maximum atomic E-state index is 12.6. The molecule has 7 heteroatoms. The Hall–Kier alpha value is -1.63. The number of alkyl halides is 2. The van der Waals surface area contributed by atoms with Gasteiger partial charge in [0.15, 0.2) is 0 Å². The van der Waals surface area contributed by atoms with Crippen molar-refractivity contribution in [2.24, 2.45) is 5.92 Å². The van der Waals surface area contributed by atoms with E-state index in [4.69, 9.17) is 0 Å². The summed E-state index contributed by atoms with van der Waals surface area (Å²) in [6.07, 6.45) is 0. The molecule has 1 fully saturated rings. The summed E-state index contributed by atoms with van der Waals surface area (Å²) in [7, 11) is 0. The predicted octanol–water partition coefficient (Wildman–Crippen LogP) is 2.60. The van der Waals surface area contributed by atoms with Crippen LogP contribution < -0.4 is 5.32 Å². The molecule has 1 unspecified atom stereocenters. The number of nitrogens with one attached hydrogen (secondary N) is 1. The lowest BCUT2D eigenvalue weighted by molar-refractivity contribution is -0.129. The zero-order valence-corrected chi connectivity index (χ0v) is 13.2. The van der Waals surface area contributed by atoms with Crippen molar-refractivity contribution < 1.29 is 18.4 Å². The summed E-state index contributed by atoms with van der Waals surface area (Å²) >= 11 is 0.438. The Morgan fingerprint density at radius 3 is 2.50 bits per heavy atom. The number of thioether (sulfide) groups is 1. The predicted molar refractivity (Wildman–Crippen MR) is 81.0 cm³/mol. The summed E-state index contributed by atoms with van der Waals surface area (Å²) < 4.78 is 24.6. The molecule has 4 nitrogen and oxygen atoms in total.